The molecule has 0 unspecified atom stereocenters. The average Bonchev–Trinajstić information content (AvgIpc) is 2.66. The molecule has 0 saturated heterocycles. The number of nitrogens with zero attached hydrogens (tertiary/aromatic N) is 2. The van der Waals surface area contributed by atoms with Crippen molar-refractivity contribution in [2.24, 2.45) is 0 Å². The number of aryl methyl sites for hydroxylation is 1. The van der Waals surface area contributed by atoms with Crippen LogP contribution in [0.4, 0.5) is 28.7 Å². The Labute approximate surface area is 152 Å². The van der Waals surface area contributed by atoms with Gasteiger partial charge >= 0.3 is 0 Å². The Kier molecular flexibility index (Phi) is 5.12. The molecule has 4 N–H and O–H groups in total. The molecule has 6 nitrogen and oxygen atoms in total. The number of Topliss-reactive ketones (excluding diaryl/α,β-unsaturated/α-hetero) is 1. The lowest BCUT2D eigenvalue weighted by Gasteiger charge is -2.13. The van der Waals surface area contributed by atoms with Gasteiger partial charge in [0.05, 0.1) is 0 Å². The first-order chi connectivity index (χ1) is 12.6. The monoisotopic (exact) mass is 347 g/mol. The van der Waals surface area contributed by atoms with E-state index in [-0.39, 0.29) is 5.78 Å². The van der Waals surface area contributed by atoms with Crippen molar-refractivity contribution in [2.75, 3.05) is 16.4 Å². The van der Waals surface area contributed by atoms with Gasteiger partial charge in [0.25, 0.3) is 0 Å². The summed E-state index contributed by atoms with van der Waals surface area (Å²) in [5.41, 5.74) is 10.2. The van der Waals surface area contributed by atoms with Gasteiger partial charge in [0, 0.05) is 16.9 Å². The number of anilines is 5. The number of hydrogen-bond acceptors (Lipinski definition) is 6. The minimum Gasteiger partial charge on any atom is -0.393 e. The third kappa shape index (κ3) is 3.97. The highest BCUT2D eigenvalue weighted by Crippen LogP contribution is 2.28. The summed E-state index contributed by atoms with van der Waals surface area (Å²) in [7, 11) is 0. The number of aromatic nitrogens is 2. The number of carbonyl (C=O) groups is 1. The minimum absolute atomic E-state index is 0.0266. The summed E-state index contributed by atoms with van der Waals surface area (Å²) in [6, 6.07) is 15.3. The van der Waals surface area contributed by atoms with Crippen molar-refractivity contribution in [3.8, 4) is 0 Å². The Bertz CT molecular complexity index is 904. The van der Waals surface area contributed by atoms with Gasteiger partial charge in [0.15, 0.2) is 17.4 Å². The van der Waals surface area contributed by atoms with E-state index in [1.807, 2.05) is 24.3 Å². The van der Waals surface area contributed by atoms with Crippen LogP contribution in [-0.4, -0.2) is 15.8 Å². The highest BCUT2D eigenvalue weighted by molar-refractivity contribution is 5.94. The van der Waals surface area contributed by atoms with Gasteiger partial charge in [-0.2, -0.15) is 0 Å². The fourth-order valence-electron chi connectivity index (χ4n) is 2.48. The van der Waals surface area contributed by atoms with Crippen LogP contribution >= 0.6 is 0 Å². The molecule has 0 aliphatic carbocycles. The van der Waals surface area contributed by atoms with E-state index >= 15 is 0 Å². The molecule has 0 spiro atoms. The molecule has 2 aromatic carbocycles. The lowest BCUT2D eigenvalue weighted by atomic mass is 10.1. The Morgan fingerprint density at radius 2 is 1.42 bits per heavy atom. The molecular weight excluding hydrogens is 326 g/mol. The van der Waals surface area contributed by atoms with Crippen molar-refractivity contribution in [1.82, 2.24) is 9.97 Å². The molecule has 0 radical (unpaired) electrons. The van der Waals surface area contributed by atoms with Crippen molar-refractivity contribution in [3.05, 3.63) is 66.0 Å². The second-order valence-electron chi connectivity index (χ2n) is 5.92. The SMILES string of the molecule is CCc1ccc(Nc2ncnc(Nc3ccc(C(C)=O)cc3)c2N)cc1. The van der Waals surface area contributed by atoms with Gasteiger partial charge in [-0.25, -0.2) is 9.97 Å². The summed E-state index contributed by atoms with van der Waals surface area (Å²) >= 11 is 0. The summed E-state index contributed by atoms with van der Waals surface area (Å²) in [4.78, 5) is 19.8. The van der Waals surface area contributed by atoms with Crippen LogP contribution in [0.3, 0.4) is 0 Å². The van der Waals surface area contributed by atoms with Crippen molar-refractivity contribution in [3.63, 3.8) is 0 Å². The normalized spacial score (nSPS) is 10.4. The molecule has 3 rings (SSSR count). The molecule has 6 heteroatoms. The number of nitrogens with one attached hydrogen (secondary N) is 2. The van der Waals surface area contributed by atoms with Crippen molar-refractivity contribution >= 4 is 34.5 Å². The largest absolute Gasteiger partial charge is 0.393 e. The lowest BCUT2D eigenvalue weighted by molar-refractivity contribution is 0.101. The highest BCUT2D eigenvalue weighted by atomic mass is 16.1. The fraction of sp³-hybridized carbons (Fsp3) is 0.150. The molecule has 0 atom stereocenters. The summed E-state index contributed by atoms with van der Waals surface area (Å²) in [5.74, 6) is 1.06. The standard InChI is InChI=1S/C20H21N5O/c1-3-14-4-8-16(9-5-14)24-19-18(21)20(23-12-22-19)25-17-10-6-15(7-11-17)13(2)26/h4-12H,3,21H2,1-2H3,(H2,22,23,24,25). The summed E-state index contributed by atoms with van der Waals surface area (Å²) in [6.07, 6.45) is 2.44. The molecule has 0 aliphatic heterocycles. The van der Waals surface area contributed by atoms with E-state index in [9.17, 15) is 4.79 Å². The summed E-state index contributed by atoms with van der Waals surface area (Å²) in [5, 5.41) is 6.37. The van der Waals surface area contributed by atoms with E-state index in [0.717, 1.165) is 17.8 Å². The molecule has 0 aliphatic rings. The van der Waals surface area contributed by atoms with E-state index in [1.54, 1.807) is 12.1 Å². The second-order valence-corrected chi connectivity index (χ2v) is 5.92. The minimum atomic E-state index is 0.0266. The van der Waals surface area contributed by atoms with Crippen molar-refractivity contribution in [1.29, 1.82) is 0 Å². The summed E-state index contributed by atoms with van der Waals surface area (Å²) in [6.45, 7) is 3.65. The average molecular weight is 347 g/mol. The maximum atomic E-state index is 11.4. The topological polar surface area (TPSA) is 92.9 Å². The van der Waals surface area contributed by atoms with E-state index in [2.05, 4.69) is 39.7 Å². The van der Waals surface area contributed by atoms with Crippen LogP contribution in [-0.2, 0) is 6.42 Å². The first kappa shape index (κ1) is 17.4. The summed E-state index contributed by atoms with van der Waals surface area (Å²) < 4.78 is 0. The van der Waals surface area contributed by atoms with E-state index in [1.165, 1.54) is 18.8 Å². The van der Waals surface area contributed by atoms with E-state index in [0.29, 0.717) is 22.9 Å². The number of rotatable bonds is 6. The van der Waals surface area contributed by atoms with Crippen LogP contribution in [0.1, 0.15) is 29.8 Å². The van der Waals surface area contributed by atoms with Gasteiger partial charge in [-0.1, -0.05) is 19.1 Å². The number of carbonyl (C=O) groups excluding carboxylic acids is 1. The van der Waals surface area contributed by atoms with Crippen LogP contribution in [0.25, 0.3) is 0 Å². The zero-order valence-corrected chi connectivity index (χ0v) is 14.8. The molecule has 0 amide bonds. The van der Waals surface area contributed by atoms with E-state index < -0.39 is 0 Å². The second kappa shape index (κ2) is 7.65. The Morgan fingerprint density at radius 3 is 1.88 bits per heavy atom. The van der Waals surface area contributed by atoms with Crippen LogP contribution in [0.2, 0.25) is 0 Å². The van der Waals surface area contributed by atoms with Gasteiger partial charge in [0.1, 0.15) is 12.0 Å². The van der Waals surface area contributed by atoms with Crippen LogP contribution in [0, 0.1) is 0 Å². The van der Waals surface area contributed by atoms with E-state index in [4.69, 9.17) is 5.73 Å². The maximum absolute atomic E-state index is 11.4. The van der Waals surface area contributed by atoms with Crippen LogP contribution in [0.5, 0.6) is 0 Å². The molecule has 0 bridgehead atoms. The smallest absolute Gasteiger partial charge is 0.159 e. The highest BCUT2D eigenvalue weighted by Gasteiger charge is 2.09. The third-order valence-corrected chi connectivity index (χ3v) is 4.06. The Morgan fingerprint density at radius 1 is 0.923 bits per heavy atom. The van der Waals surface area contributed by atoms with Crippen LogP contribution < -0.4 is 16.4 Å². The van der Waals surface area contributed by atoms with Crippen molar-refractivity contribution < 1.29 is 4.79 Å². The maximum Gasteiger partial charge on any atom is 0.159 e. The van der Waals surface area contributed by atoms with Gasteiger partial charge in [0.2, 0.25) is 0 Å². The Hall–Kier alpha value is -3.41. The zero-order chi connectivity index (χ0) is 18.5. The van der Waals surface area contributed by atoms with Crippen LogP contribution in [0.15, 0.2) is 54.9 Å². The molecule has 132 valence electrons. The van der Waals surface area contributed by atoms with Crippen molar-refractivity contribution in [2.45, 2.75) is 20.3 Å². The Balaban J connectivity index is 1.78. The molecule has 1 aromatic heterocycles. The fourth-order valence-corrected chi connectivity index (χ4v) is 2.48. The predicted molar refractivity (Wildman–Crippen MR) is 105 cm³/mol. The number of hydrogen-bond donors (Lipinski definition) is 3. The molecule has 0 saturated carbocycles. The number of nitrogens with two attached hydrogens (primary N) is 1. The molecule has 3 aromatic rings. The van der Waals surface area contributed by atoms with Gasteiger partial charge in [-0.3, -0.25) is 4.79 Å². The number of benzene rings is 2. The quantitative estimate of drug-likeness (QED) is 0.575. The molecule has 1 heterocycles. The van der Waals surface area contributed by atoms with Gasteiger partial charge in [-0.05, 0) is 55.3 Å². The first-order valence-electron chi connectivity index (χ1n) is 8.41. The van der Waals surface area contributed by atoms with Gasteiger partial charge in [-0.15, -0.1) is 0 Å². The third-order valence-electron chi connectivity index (χ3n) is 4.06. The van der Waals surface area contributed by atoms with Gasteiger partial charge < -0.3 is 16.4 Å². The number of ketones is 1. The lowest BCUT2D eigenvalue weighted by Crippen LogP contribution is -2.05. The first-order valence-corrected chi connectivity index (χ1v) is 8.41. The molecule has 0 fully saturated rings. The zero-order valence-electron chi connectivity index (χ0n) is 14.8. The molecule has 26 heavy (non-hydrogen) atoms. The number of nitrogen functional groups attached to an aromatic ring is 1. The molecular formula is C20H21N5O. The predicted octanol–water partition coefficient (Wildman–Crippen LogP) is 4.31.